The van der Waals surface area contributed by atoms with Gasteiger partial charge in [0, 0.05) is 25.2 Å². The molecular formula is C11H20N2. The molecule has 2 unspecified atom stereocenters. The van der Waals surface area contributed by atoms with Gasteiger partial charge in [0.05, 0.1) is 0 Å². The topological polar surface area (TPSA) is 15.3 Å². The van der Waals surface area contributed by atoms with Crippen molar-refractivity contribution >= 4 is 0 Å². The average Bonchev–Trinajstić information content (AvgIpc) is 2.78. The van der Waals surface area contributed by atoms with Gasteiger partial charge in [-0.25, -0.2) is 0 Å². The molecule has 0 radical (unpaired) electrons. The van der Waals surface area contributed by atoms with Gasteiger partial charge in [-0.3, -0.25) is 4.90 Å². The van der Waals surface area contributed by atoms with Gasteiger partial charge in [0.1, 0.15) is 0 Å². The first kappa shape index (κ1) is 8.25. The highest BCUT2D eigenvalue weighted by molar-refractivity contribution is 5.03. The van der Waals surface area contributed by atoms with Gasteiger partial charge in [-0.2, -0.15) is 0 Å². The van der Waals surface area contributed by atoms with Crippen LogP contribution in [0.2, 0.25) is 0 Å². The molecule has 2 heteroatoms. The molecule has 1 N–H and O–H groups in total. The van der Waals surface area contributed by atoms with Gasteiger partial charge in [-0.05, 0) is 44.6 Å². The maximum absolute atomic E-state index is 3.53. The van der Waals surface area contributed by atoms with E-state index in [9.17, 15) is 0 Å². The molecule has 0 aromatic rings. The van der Waals surface area contributed by atoms with Gasteiger partial charge in [0.2, 0.25) is 0 Å². The summed E-state index contributed by atoms with van der Waals surface area (Å²) in [4.78, 5) is 2.77. The lowest BCUT2D eigenvalue weighted by molar-refractivity contribution is 0.236. The quantitative estimate of drug-likeness (QED) is 0.653. The largest absolute Gasteiger partial charge is 0.316 e. The fourth-order valence-electron chi connectivity index (χ4n) is 3.35. The molecule has 0 bridgehead atoms. The smallest absolute Gasteiger partial charge is 0.00994 e. The van der Waals surface area contributed by atoms with Crippen LogP contribution < -0.4 is 5.32 Å². The first-order chi connectivity index (χ1) is 6.29. The van der Waals surface area contributed by atoms with Crippen molar-refractivity contribution in [2.75, 3.05) is 19.6 Å². The maximum atomic E-state index is 3.53. The Hall–Kier alpha value is -0.0800. The molecule has 2 saturated heterocycles. The molecule has 1 saturated carbocycles. The summed E-state index contributed by atoms with van der Waals surface area (Å²) >= 11 is 0. The van der Waals surface area contributed by atoms with Crippen molar-refractivity contribution in [1.82, 2.24) is 10.2 Å². The van der Waals surface area contributed by atoms with Gasteiger partial charge in [-0.1, -0.05) is 0 Å². The van der Waals surface area contributed by atoms with E-state index < -0.39 is 0 Å². The van der Waals surface area contributed by atoms with Crippen LogP contribution in [0.25, 0.3) is 0 Å². The number of hydrogen-bond acceptors (Lipinski definition) is 2. The van der Waals surface area contributed by atoms with Crippen LogP contribution in [0.15, 0.2) is 0 Å². The van der Waals surface area contributed by atoms with Crippen LogP contribution in [0.3, 0.4) is 0 Å². The van der Waals surface area contributed by atoms with Crippen molar-refractivity contribution in [2.45, 2.75) is 44.7 Å². The Morgan fingerprint density at radius 1 is 1.38 bits per heavy atom. The second kappa shape index (κ2) is 2.71. The first-order valence-corrected chi connectivity index (χ1v) is 5.76. The molecule has 2 heterocycles. The molecule has 2 nitrogen and oxygen atoms in total. The Balaban J connectivity index is 1.73. The normalized spacial score (nSPS) is 46.4. The van der Waals surface area contributed by atoms with E-state index in [0.717, 1.165) is 12.1 Å². The van der Waals surface area contributed by atoms with Crippen LogP contribution in [-0.2, 0) is 0 Å². The number of nitrogens with zero attached hydrogens (tertiary/aromatic N) is 1. The van der Waals surface area contributed by atoms with Crippen LogP contribution in [0.5, 0.6) is 0 Å². The predicted octanol–water partition coefficient (Wildman–Crippen LogP) is 1.22. The minimum Gasteiger partial charge on any atom is -0.316 e. The molecule has 2 aliphatic heterocycles. The van der Waals surface area contributed by atoms with Gasteiger partial charge in [0.25, 0.3) is 0 Å². The van der Waals surface area contributed by atoms with Crippen LogP contribution in [0.4, 0.5) is 0 Å². The van der Waals surface area contributed by atoms with Crippen molar-refractivity contribution in [3.8, 4) is 0 Å². The molecule has 13 heavy (non-hydrogen) atoms. The van der Waals surface area contributed by atoms with Crippen LogP contribution in [-0.4, -0.2) is 36.6 Å². The third kappa shape index (κ3) is 1.31. The number of likely N-dealkylation sites (tertiary alicyclic amines) is 1. The van der Waals surface area contributed by atoms with E-state index in [0.29, 0.717) is 5.41 Å². The molecule has 1 aliphatic carbocycles. The Labute approximate surface area is 80.7 Å². The molecule has 0 aromatic heterocycles. The summed E-state index contributed by atoms with van der Waals surface area (Å²) in [5, 5.41) is 3.53. The van der Waals surface area contributed by atoms with Crippen LogP contribution in [0.1, 0.15) is 32.6 Å². The standard InChI is InChI=1S/C11H20N2/c1-9-6-11(4-5-12-7-11)8-13(9)10-2-3-10/h9-10,12H,2-8H2,1H3. The van der Waals surface area contributed by atoms with Crippen molar-refractivity contribution in [2.24, 2.45) is 5.41 Å². The summed E-state index contributed by atoms with van der Waals surface area (Å²) in [5.74, 6) is 0. The summed E-state index contributed by atoms with van der Waals surface area (Å²) < 4.78 is 0. The second-order valence-electron chi connectivity index (χ2n) is 5.38. The molecule has 3 aliphatic rings. The highest BCUT2D eigenvalue weighted by Gasteiger charge is 2.47. The zero-order chi connectivity index (χ0) is 8.89. The van der Waals surface area contributed by atoms with Crippen molar-refractivity contribution < 1.29 is 0 Å². The lowest BCUT2D eigenvalue weighted by Gasteiger charge is -2.23. The van der Waals surface area contributed by atoms with Crippen molar-refractivity contribution in [1.29, 1.82) is 0 Å². The van der Waals surface area contributed by atoms with E-state index in [1.54, 1.807) is 0 Å². The Morgan fingerprint density at radius 2 is 2.23 bits per heavy atom. The third-order valence-corrected chi connectivity index (χ3v) is 4.16. The first-order valence-electron chi connectivity index (χ1n) is 5.76. The fraction of sp³-hybridized carbons (Fsp3) is 1.00. The number of rotatable bonds is 1. The predicted molar refractivity (Wildman–Crippen MR) is 53.7 cm³/mol. The van der Waals surface area contributed by atoms with E-state index in [4.69, 9.17) is 0 Å². The molecule has 0 amide bonds. The third-order valence-electron chi connectivity index (χ3n) is 4.16. The van der Waals surface area contributed by atoms with E-state index in [1.165, 1.54) is 45.3 Å². The zero-order valence-electron chi connectivity index (χ0n) is 8.55. The van der Waals surface area contributed by atoms with Crippen molar-refractivity contribution in [3.63, 3.8) is 0 Å². The molecule has 74 valence electrons. The monoisotopic (exact) mass is 180 g/mol. The highest BCUT2D eigenvalue weighted by Crippen LogP contribution is 2.44. The van der Waals surface area contributed by atoms with E-state index in [-0.39, 0.29) is 0 Å². The minimum absolute atomic E-state index is 0.669. The molecular weight excluding hydrogens is 160 g/mol. The summed E-state index contributed by atoms with van der Waals surface area (Å²) in [6, 6.07) is 1.82. The minimum atomic E-state index is 0.669. The van der Waals surface area contributed by atoms with Gasteiger partial charge in [-0.15, -0.1) is 0 Å². The van der Waals surface area contributed by atoms with E-state index in [2.05, 4.69) is 17.1 Å². The van der Waals surface area contributed by atoms with Gasteiger partial charge < -0.3 is 5.32 Å². The van der Waals surface area contributed by atoms with Gasteiger partial charge in [0.15, 0.2) is 0 Å². The van der Waals surface area contributed by atoms with Gasteiger partial charge >= 0.3 is 0 Å². The molecule has 3 fully saturated rings. The number of hydrogen-bond donors (Lipinski definition) is 1. The summed E-state index contributed by atoms with van der Waals surface area (Å²) in [6.07, 6.45) is 5.79. The Morgan fingerprint density at radius 3 is 2.85 bits per heavy atom. The Kier molecular flexibility index (Phi) is 1.72. The molecule has 3 rings (SSSR count). The second-order valence-corrected chi connectivity index (χ2v) is 5.38. The van der Waals surface area contributed by atoms with E-state index in [1.807, 2.05) is 0 Å². The molecule has 1 spiro atoms. The average molecular weight is 180 g/mol. The lowest BCUT2D eigenvalue weighted by Crippen LogP contribution is -2.32. The molecule has 2 atom stereocenters. The molecule has 0 aromatic carbocycles. The van der Waals surface area contributed by atoms with Crippen LogP contribution >= 0.6 is 0 Å². The fourth-order valence-corrected chi connectivity index (χ4v) is 3.35. The van der Waals surface area contributed by atoms with Crippen molar-refractivity contribution in [3.05, 3.63) is 0 Å². The SMILES string of the molecule is CC1CC2(CCNC2)CN1C1CC1. The summed E-state index contributed by atoms with van der Waals surface area (Å²) in [6.45, 7) is 6.34. The van der Waals surface area contributed by atoms with E-state index >= 15 is 0 Å². The lowest BCUT2D eigenvalue weighted by atomic mass is 9.85. The van der Waals surface area contributed by atoms with Crippen LogP contribution in [0, 0.1) is 5.41 Å². The maximum Gasteiger partial charge on any atom is 0.00994 e. The zero-order valence-corrected chi connectivity index (χ0v) is 8.55. The number of nitrogens with one attached hydrogen (secondary N) is 1. The summed E-state index contributed by atoms with van der Waals surface area (Å²) in [5.41, 5.74) is 0.669. The summed E-state index contributed by atoms with van der Waals surface area (Å²) in [7, 11) is 0. The Bertz CT molecular complexity index is 204. The highest BCUT2D eigenvalue weighted by atomic mass is 15.2.